The van der Waals surface area contributed by atoms with E-state index >= 15 is 0 Å². The number of carbonyl (C=O) groups excluding carboxylic acids is 1. The first-order valence-corrected chi connectivity index (χ1v) is 6.60. The first kappa shape index (κ1) is 14.1. The standard InChI is InChI=1S/C13H22N2O4/c1-13(2,3)19-12(18)15-6-9(11(16)17)8-5-14(4)7-10(8)15/h8-10H,5-7H2,1-4H3,(H,16,17). The Hall–Kier alpha value is -1.30. The molecule has 19 heavy (non-hydrogen) atoms. The predicted octanol–water partition coefficient (Wildman–Crippen LogP) is 0.868. The summed E-state index contributed by atoms with van der Waals surface area (Å²) in [6.07, 6.45) is -0.401. The largest absolute Gasteiger partial charge is 0.481 e. The number of hydrogen-bond donors (Lipinski definition) is 1. The second-order valence-electron chi connectivity index (χ2n) is 6.53. The van der Waals surface area contributed by atoms with Crippen LogP contribution in [0.5, 0.6) is 0 Å². The molecule has 2 rings (SSSR count). The van der Waals surface area contributed by atoms with Gasteiger partial charge in [-0.25, -0.2) is 4.79 Å². The second-order valence-corrected chi connectivity index (χ2v) is 6.53. The quantitative estimate of drug-likeness (QED) is 0.765. The Labute approximate surface area is 113 Å². The number of likely N-dealkylation sites (N-methyl/N-ethyl adjacent to an activating group) is 1. The Morgan fingerprint density at radius 1 is 1.21 bits per heavy atom. The normalized spacial score (nSPS) is 31.4. The third-order valence-corrected chi connectivity index (χ3v) is 3.77. The van der Waals surface area contributed by atoms with Crippen LogP contribution in [0.25, 0.3) is 0 Å². The van der Waals surface area contributed by atoms with Crippen LogP contribution < -0.4 is 0 Å². The van der Waals surface area contributed by atoms with E-state index in [0.29, 0.717) is 6.54 Å². The van der Waals surface area contributed by atoms with Gasteiger partial charge in [0, 0.05) is 25.6 Å². The van der Waals surface area contributed by atoms with Crippen LogP contribution in [0.2, 0.25) is 0 Å². The monoisotopic (exact) mass is 270 g/mol. The minimum atomic E-state index is -0.823. The molecule has 6 nitrogen and oxygen atoms in total. The highest BCUT2D eigenvalue weighted by atomic mass is 16.6. The maximum Gasteiger partial charge on any atom is 0.410 e. The molecule has 0 radical (unpaired) electrons. The van der Waals surface area contributed by atoms with E-state index in [0.717, 1.165) is 6.54 Å². The lowest BCUT2D eigenvalue weighted by molar-refractivity contribution is -0.142. The molecule has 0 aromatic carbocycles. The molecule has 3 atom stereocenters. The van der Waals surface area contributed by atoms with E-state index in [9.17, 15) is 14.7 Å². The molecule has 2 heterocycles. The molecule has 0 spiro atoms. The maximum atomic E-state index is 12.2. The minimum Gasteiger partial charge on any atom is -0.481 e. The van der Waals surface area contributed by atoms with Crippen LogP contribution in [0.1, 0.15) is 20.8 Å². The topological polar surface area (TPSA) is 70.1 Å². The zero-order valence-electron chi connectivity index (χ0n) is 11.9. The number of rotatable bonds is 1. The molecule has 108 valence electrons. The summed E-state index contributed by atoms with van der Waals surface area (Å²) in [6, 6.07) is -0.0408. The summed E-state index contributed by atoms with van der Waals surface area (Å²) in [4.78, 5) is 27.1. The van der Waals surface area contributed by atoms with Crippen molar-refractivity contribution in [1.82, 2.24) is 9.80 Å². The number of hydrogen-bond acceptors (Lipinski definition) is 4. The van der Waals surface area contributed by atoms with E-state index in [1.165, 1.54) is 0 Å². The molecule has 2 aliphatic rings. The van der Waals surface area contributed by atoms with Crippen LogP contribution in [-0.2, 0) is 9.53 Å². The number of carbonyl (C=O) groups is 2. The molecule has 2 saturated heterocycles. The van der Waals surface area contributed by atoms with Gasteiger partial charge in [0.15, 0.2) is 0 Å². The Morgan fingerprint density at radius 2 is 1.84 bits per heavy atom. The fraction of sp³-hybridized carbons (Fsp3) is 0.846. The summed E-state index contributed by atoms with van der Waals surface area (Å²) >= 11 is 0. The molecule has 2 aliphatic heterocycles. The first-order valence-electron chi connectivity index (χ1n) is 6.60. The number of ether oxygens (including phenoxy) is 1. The first-order chi connectivity index (χ1) is 8.69. The average molecular weight is 270 g/mol. The van der Waals surface area contributed by atoms with Crippen molar-refractivity contribution in [3.63, 3.8) is 0 Å². The summed E-state index contributed by atoms with van der Waals surface area (Å²) in [5.74, 6) is -1.30. The number of carboxylic acids is 1. The van der Waals surface area contributed by atoms with Crippen molar-refractivity contribution in [2.24, 2.45) is 11.8 Å². The van der Waals surface area contributed by atoms with E-state index < -0.39 is 23.6 Å². The van der Waals surface area contributed by atoms with Crippen LogP contribution in [0.4, 0.5) is 4.79 Å². The molecule has 6 heteroatoms. The second kappa shape index (κ2) is 4.67. The summed E-state index contributed by atoms with van der Waals surface area (Å²) < 4.78 is 5.37. The van der Waals surface area contributed by atoms with Crippen LogP contribution in [0.15, 0.2) is 0 Å². The smallest absolute Gasteiger partial charge is 0.410 e. The van der Waals surface area contributed by atoms with Crippen LogP contribution in [0.3, 0.4) is 0 Å². The van der Waals surface area contributed by atoms with E-state index in [4.69, 9.17) is 4.74 Å². The Morgan fingerprint density at radius 3 is 2.37 bits per heavy atom. The summed E-state index contributed by atoms with van der Waals surface area (Å²) in [5, 5.41) is 9.28. The molecule has 3 unspecified atom stereocenters. The highest BCUT2D eigenvalue weighted by Crippen LogP contribution is 2.36. The van der Waals surface area contributed by atoms with E-state index in [1.54, 1.807) is 4.90 Å². The van der Waals surface area contributed by atoms with E-state index in [2.05, 4.69) is 4.90 Å². The molecule has 0 aromatic rings. The number of carboxylic acid groups (broad SMARTS) is 1. The third kappa shape index (κ3) is 2.83. The van der Waals surface area contributed by atoms with Crippen molar-refractivity contribution in [2.45, 2.75) is 32.4 Å². The molecule has 1 amide bonds. The molecule has 1 N–H and O–H groups in total. The molecule has 2 fully saturated rings. The van der Waals surface area contributed by atoms with E-state index in [1.807, 2.05) is 27.8 Å². The number of aliphatic carboxylic acids is 1. The van der Waals surface area contributed by atoms with Gasteiger partial charge < -0.3 is 19.6 Å². The predicted molar refractivity (Wildman–Crippen MR) is 68.8 cm³/mol. The van der Waals surface area contributed by atoms with Gasteiger partial charge in [-0.15, -0.1) is 0 Å². The van der Waals surface area contributed by atoms with Gasteiger partial charge in [0.25, 0.3) is 0 Å². The van der Waals surface area contributed by atoms with Crippen molar-refractivity contribution in [1.29, 1.82) is 0 Å². The lowest BCUT2D eigenvalue weighted by Gasteiger charge is -2.28. The van der Waals surface area contributed by atoms with Gasteiger partial charge >= 0.3 is 12.1 Å². The van der Waals surface area contributed by atoms with Gasteiger partial charge in [0.2, 0.25) is 0 Å². The molecule has 0 saturated carbocycles. The lowest BCUT2D eigenvalue weighted by Crippen LogP contribution is -2.42. The van der Waals surface area contributed by atoms with Crippen molar-refractivity contribution in [3.8, 4) is 0 Å². The molecule has 0 aliphatic carbocycles. The summed E-state index contributed by atoms with van der Waals surface area (Å²) in [5.41, 5.74) is -0.557. The summed E-state index contributed by atoms with van der Waals surface area (Å²) in [6.45, 7) is 7.14. The molecular formula is C13H22N2O4. The van der Waals surface area contributed by atoms with Gasteiger partial charge in [-0.2, -0.15) is 0 Å². The van der Waals surface area contributed by atoms with E-state index in [-0.39, 0.29) is 18.5 Å². The summed E-state index contributed by atoms with van der Waals surface area (Å²) in [7, 11) is 1.95. The highest BCUT2D eigenvalue weighted by Gasteiger charge is 2.51. The molecule has 0 bridgehead atoms. The third-order valence-electron chi connectivity index (χ3n) is 3.77. The number of amides is 1. The number of fused-ring (bicyclic) bond motifs is 1. The Kier molecular flexibility index (Phi) is 3.47. The van der Waals surface area contributed by atoms with Crippen molar-refractivity contribution >= 4 is 12.1 Å². The maximum absolute atomic E-state index is 12.2. The van der Waals surface area contributed by atoms with Crippen molar-refractivity contribution in [3.05, 3.63) is 0 Å². The zero-order valence-corrected chi connectivity index (χ0v) is 11.9. The van der Waals surface area contributed by atoms with Gasteiger partial charge in [-0.05, 0) is 27.8 Å². The van der Waals surface area contributed by atoms with Crippen LogP contribution in [0, 0.1) is 11.8 Å². The zero-order chi connectivity index (χ0) is 14.4. The lowest BCUT2D eigenvalue weighted by atomic mass is 9.93. The van der Waals surface area contributed by atoms with Crippen molar-refractivity contribution < 1.29 is 19.4 Å². The van der Waals surface area contributed by atoms with Gasteiger partial charge in [0.1, 0.15) is 5.60 Å². The Balaban J connectivity index is 2.13. The van der Waals surface area contributed by atoms with Crippen LogP contribution in [-0.4, -0.2) is 65.3 Å². The average Bonchev–Trinajstić information content (AvgIpc) is 2.70. The van der Waals surface area contributed by atoms with Gasteiger partial charge in [0.05, 0.1) is 12.0 Å². The van der Waals surface area contributed by atoms with Gasteiger partial charge in [-0.1, -0.05) is 0 Å². The molecule has 0 aromatic heterocycles. The number of likely N-dealkylation sites (tertiary alicyclic amines) is 2. The number of nitrogens with zero attached hydrogens (tertiary/aromatic N) is 2. The van der Waals surface area contributed by atoms with Crippen molar-refractivity contribution in [2.75, 3.05) is 26.7 Å². The minimum absolute atomic E-state index is 0.00928. The SMILES string of the molecule is CN1CC2C(C(=O)O)CN(C(=O)OC(C)(C)C)C2C1. The molecular weight excluding hydrogens is 248 g/mol. The van der Waals surface area contributed by atoms with Crippen LogP contribution >= 0.6 is 0 Å². The fourth-order valence-electron chi connectivity index (χ4n) is 3.01. The highest BCUT2D eigenvalue weighted by molar-refractivity contribution is 5.75. The fourth-order valence-corrected chi connectivity index (χ4v) is 3.01. The van der Waals surface area contributed by atoms with Gasteiger partial charge in [-0.3, -0.25) is 4.79 Å². The Bertz CT molecular complexity index is 391.